The van der Waals surface area contributed by atoms with E-state index in [2.05, 4.69) is 15.4 Å². The van der Waals surface area contributed by atoms with Crippen LogP contribution in [0.2, 0.25) is 0 Å². The number of halogens is 3. The third-order valence-corrected chi connectivity index (χ3v) is 3.45. The van der Waals surface area contributed by atoms with Gasteiger partial charge < -0.3 is 10.6 Å². The molecule has 0 fully saturated rings. The lowest BCUT2D eigenvalue weighted by Gasteiger charge is -2.17. The Morgan fingerprint density at radius 1 is 1.26 bits per heavy atom. The number of anilines is 2. The Balaban J connectivity index is 3.20. The molecule has 10 heteroatoms. The summed E-state index contributed by atoms with van der Waals surface area (Å²) in [4.78, 5) is 12.0. The number of hydrogen-bond donors (Lipinski definition) is 3. The third-order valence-electron chi connectivity index (χ3n) is 2.86. The van der Waals surface area contributed by atoms with E-state index in [1.54, 1.807) is 14.0 Å². The van der Waals surface area contributed by atoms with Crippen LogP contribution in [-0.4, -0.2) is 34.2 Å². The van der Waals surface area contributed by atoms with E-state index in [9.17, 15) is 26.4 Å². The number of carbonyl (C=O) groups is 1. The topological polar surface area (TPSA) is 87.3 Å². The molecular formula is C13H18F3N3O3S. The normalized spacial score (nSPS) is 13.5. The zero-order valence-electron chi connectivity index (χ0n) is 12.8. The van der Waals surface area contributed by atoms with Crippen LogP contribution in [0, 0.1) is 5.92 Å². The second-order valence-electron chi connectivity index (χ2n) is 5.08. The van der Waals surface area contributed by atoms with Gasteiger partial charge in [-0.05, 0) is 25.2 Å². The van der Waals surface area contributed by atoms with Gasteiger partial charge in [0.25, 0.3) is 0 Å². The lowest BCUT2D eigenvalue weighted by Crippen LogP contribution is -2.29. The van der Waals surface area contributed by atoms with Gasteiger partial charge in [-0.25, -0.2) is 8.42 Å². The summed E-state index contributed by atoms with van der Waals surface area (Å²) < 4.78 is 63.1. The molecule has 3 N–H and O–H groups in total. The van der Waals surface area contributed by atoms with Gasteiger partial charge in [-0.3, -0.25) is 9.52 Å². The Labute approximate surface area is 132 Å². The van der Waals surface area contributed by atoms with Gasteiger partial charge in [0.15, 0.2) is 0 Å². The Hall–Kier alpha value is -1.81. The van der Waals surface area contributed by atoms with Gasteiger partial charge in [-0.2, -0.15) is 13.2 Å². The summed E-state index contributed by atoms with van der Waals surface area (Å²) in [6, 6.07) is 2.39. The fraction of sp³-hybridized carbons (Fsp3) is 0.462. The highest BCUT2D eigenvalue weighted by Crippen LogP contribution is 2.34. The van der Waals surface area contributed by atoms with Crippen molar-refractivity contribution < 1.29 is 26.4 Å². The van der Waals surface area contributed by atoms with Crippen molar-refractivity contribution in [3.8, 4) is 0 Å². The number of rotatable bonds is 6. The van der Waals surface area contributed by atoms with Gasteiger partial charge >= 0.3 is 6.18 Å². The van der Waals surface area contributed by atoms with Crippen molar-refractivity contribution >= 4 is 27.3 Å². The predicted octanol–water partition coefficient (Wildman–Crippen LogP) is 1.87. The van der Waals surface area contributed by atoms with E-state index in [4.69, 9.17) is 0 Å². The van der Waals surface area contributed by atoms with Crippen LogP contribution in [0.1, 0.15) is 12.5 Å². The standard InChI is InChI=1S/C13H18F3N3O3S/c1-8(7-17-2)12(20)18-11-6-9(13(14,15)16)4-5-10(11)19-23(3,21)22/h4-6,8,17,19H,7H2,1-3H3,(H,18,20). The maximum Gasteiger partial charge on any atom is 0.416 e. The van der Waals surface area contributed by atoms with Crippen LogP contribution in [-0.2, 0) is 21.0 Å². The van der Waals surface area contributed by atoms with E-state index in [1.165, 1.54) is 0 Å². The maximum atomic E-state index is 12.8. The molecule has 1 atom stereocenters. The summed E-state index contributed by atoms with van der Waals surface area (Å²) in [7, 11) is -2.08. The number of sulfonamides is 1. The molecule has 1 aromatic carbocycles. The first-order chi connectivity index (χ1) is 10.4. The fourth-order valence-corrected chi connectivity index (χ4v) is 2.35. The number of hydrogen-bond acceptors (Lipinski definition) is 4. The Bertz CT molecular complexity index is 675. The molecule has 1 rings (SSSR count). The van der Waals surface area contributed by atoms with Crippen molar-refractivity contribution in [1.29, 1.82) is 0 Å². The monoisotopic (exact) mass is 353 g/mol. The molecule has 0 saturated heterocycles. The first-order valence-electron chi connectivity index (χ1n) is 6.58. The summed E-state index contributed by atoms with van der Waals surface area (Å²) in [5, 5.41) is 5.09. The van der Waals surface area contributed by atoms with Crippen molar-refractivity contribution in [1.82, 2.24) is 5.32 Å². The average molecular weight is 353 g/mol. The van der Waals surface area contributed by atoms with Gasteiger partial charge in [0, 0.05) is 12.5 Å². The zero-order chi connectivity index (χ0) is 17.8. The molecule has 0 bridgehead atoms. The Morgan fingerprint density at radius 3 is 2.35 bits per heavy atom. The summed E-state index contributed by atoms with van der Waals surface area (Å²) in [6.45, 7) is 1.91. The van der Waals surface area contributed by atoms with Crippen LogP contribution in [0.3, 0.4) is 0 Å². The van der Waals surface area contributed by atoms with Crippen molar-refractivity contribution in [2.75, 3.05) is 29.9 Å². The first-order valence-corrected chi connectivity index (χ1v) is 8.47. The molecule has 0 spiro atoms. The van der Waals surface area contributed by atoms with Gasteiger partial charge in [0.2, 0.25) is 15.9 Å². The van der Waals surface area contributed by atoms with Crippen LogP contribution in [0.5, 0.6) is 0 Å². The van der Waals surface area contributed by atoms with E-state index >= 15 is 0 Å². The molecular weight excluding hydrogens is 335 g/mol. The molecule has 0 heterocycles. The van der Waals surface area contributed by atoms with Crippen molar-refractivity contribution in [2.24, 2.45) is 5.92 Å². The molecule has 6 nitrogen and oxygen atoms in total. The van der Waals surface area contributed by atoms with Gasteiger partial charge in [0.1, 0.15) is 0 Å². The minimum Gasteiger partial charge on any atom is -0.324 e. The predicted molar refractivity (Wildman–Crippen MR) is 81.6 cm³/mol. The highest BCUT2D eigenvalue weighted by atomic mass is 32.2. The van der Waals surface area contributed by atoms with Gasteiger partial charge in [-0.1, -0.05) is 6.92 Å². The SMILES string of the molecule is CNCC(C)C(=O)Nc1cc(C(F)(F)F)ccc1NS(C)(=O)=O. The quantitative estimate of drug-likeness (QED) is 0.729. The molecule has 0 aliphatic heterocycles. The van der Waals surface area contributed by atoms with E-state index in [1.807, 2.05) is 0 Å². The molecule has 0 radical (unpaired) electrons. The molecule has 0 aliphatic carbocycles. The first kappa shape index (κ1) is 19.2. The summed E-state index contributed by atoms with van der Waals surface area (Å²) in [5.41, 5.74) is -1.38. The Morgan fingerprint density at radius 2 is 1.87 bits per heavy atom. The second-order valence-corrected chi connectivity index (χ2v) is 6.83. The minimum absolute atomic E-state index is 0.134. The number of amides is 1. The minimum atomic E-state index is -4.61. The van der Waals surface area contributed by atoms with Crippen molar-refractivity contribution in [3.63, 3.8) is 0 Å². The highest BCUT2D eigenvalue weighted by Gasteiger charge is 2.31. The van der Waals surface area contributed by atoms with Crippen LogP contribution in [0.4, 0.5) is 24.5 Å². The molecule has 0 aliphatic rings. The largest absolute Gasteiger partial charge is 0.416 e. The van der Waals surface area contributed by atoms with E-state index < -0.39 is 33.6 Å². The second kappa shape index (κ2) is 7.18. The van der Waals surface area contributed by atoms with Crippen LogP contribution in [0.25, 0.3) is 0 Å². The van der Waals surface area contributed by atoms with Crippen molar-refractivity contribution in [2.45, 2.75) is 13.1 Å². The number of alkyl halides is 3. The number of benzene rings is 1. The Kier molecular flexibility index (Phi) is 6.00. The molecule has 1 unspecified atom stereocenters. The highest BCUT2D eigenvalue weighted by molar-refractivity contribution is 7.92. The van der Waals surface area contributed by atoms with Gasteiger partial charge in [0.05, 0.1) is 23.2 Å². The van der Waals surface area contributed by atoms with Crippen molar-refractivity contribution in [3.05, 3.63) is 23.8 Å². The smallest absolute Gasteiger partial charge is 0.324 e. The van der Waals surface area contributed by atoms with Crippen LogP contribution >= 0.6 is 0 Å². The number of nitrogens with one attached hydrogen (secondary N) is 3. The molecule has 23 heavy (non-hydrogen) atoms. The molecule has 0 saturated carbocycles. The van der Waals surface area contributed by atoms with E-state index in [0.717, 1.165) is 18.4 Å². The molecule has 130 valence electrons. The lowest BCUT2D eigenvalue weighted by molar-refractivity contribution is -0.137. The zero-order valence-corrected chi connectivity index (χ0v) is 13.6. The summed E-state index contributed by atoms with van der Waals surface area (Å²) in [5.74, 6) is -1.05. The summed E-state index contributed by atoms with van der Waals surface area (Å²) >= 11 is 0. The van der Waals surface area contributed by atoms with Gasteiger partial charge in [-0.15, -0.1) is 0 Å². The lowest BCUT2D eigenvalue weighted by atomic mass is 10.1. The average Bonchev–Trinajstić information content (AvgIpc) is 2.38. The van der Waals surface area contributed by atoms with E-state index in [0.29, 0.717) is 12.6 Å². The number of carbonyl (C=O) groups excluding carboxylic acids is 1. The maximum absolute atomic E-state index is 12.8. The van der Waals surface area contributed by atoms with Crippen LogP contribution < -0.4 is 15.4 Å². The fourth-order valence-electron chi connectivity index (χ4n) is 1.77. The van der Waals surface area contributed by atoms with E-state index in [-0.39, 0.29) is 11.4 Å². The third kappa shape index (κ3) is 6.06. The molecule has 1 aromatic rings. The summed E-state index contributed by atoms with van der Waals surface area (Å²) in [6.07, 6.45) is -3.75. The van der Waals surface area contributed by atoms with Crippen LogP contribution in [0.15, 0.2) is 18.2 Å². The molecule has 1 amide bonds. The molecule has 0 aromatic heterocycles.